The Morgan fingerprint density at radius 2 is 1.85 bits per heavy atom. The molecule has 0 saturated carbocycles. The Morgan fingerprint density at radius 3 is 2.23 bits per heavy atom. The average Bonchev–Trinajstić information content (AvgIpc) is 2.18. The molecule has 0 unspecified atom stereocenters. The first-order chi connectivity index (χ1) is 6.10. The fourth-order valence-corrected chi connectivity index (χ4v) is 1.44. The van der Waals surface area contributed by atoms with Gasteiger partial charge >= 0.3 is 0 Å². The Balaban J connectivity index is 3.13. The van der Waals surface area contributed by atoms with Crippen LogP contribution in [0.15, 0.2) is 35.7 Å². The molecule has 0 aliphatic heterocycles. The maximum atomic E-state index is 11.0. The zero-order chi connectivity index (χ0) is 9.90. The second-order valence-electron chi connectivity index (χ2n) is 2.37. The van der Waals surface area contributed by atoms with Gasteiger partial charge in [-0.15, -0.1) is 0 Å². The minimum absolute atomic E-state index is 0.0144. The molecule has 1 aromatic rings. The maximum absolute atomic E-state index is 11.0. The van der Waals surface area contributed by atoms with Crippen LogP contribution in [-0.4, -0.2) is 13.6 Å². The van der Waals surface area contributed by atoms with E-state index >= 15 is 0 Å². The summed E-state index contributed by atoms with van der Waals surface area (Å²) in [4.78, 5) is 1.26. The van der Waals surface area contributed by atoms with Gasteiger partial charge < -0.3 is 5.21 Å². The molecule has 1 rings (SSSR count). The fourth-order valence-electron chi connectivity index (χ4n) is 0.836. The Labute approximate surface area is 76.5 Å². The van der Waals surface area contributed by atoms with Gasteiger partial charge in [0.05, 0.1) is 4.90 Å². The lowest BCUT2D eigenvalue weighted by Gasteiger charge is -2.00. The summed E-state index contributed by atoms with van der Waals surface area (Å²) < 4.78 is 22.0. The third-order valence-electron chi connectivity index (χ3n) is 1.55. The van der Waals surface area contributed by atoms with Crippen LogP contribution < -0.4 is 4.89 Å². The van der Waals surface area contributed by atoms with Crippen molar-refractivity contribution in [1.82, 2.24) is 4.89 Å². The molecule has 13 heavy (non-hydrogen) atoms. The van der Waals surface area contributed by atoms with Gasteiger partial charge in [-0.05, 0) is 17.7 Å². The molecule has 5 heteroatoms. The molecule has 0 bridgehead atoms. The van der Waals surface area contributed by atoms with Gasteiger partial charge in [0, 0.05) is 0 Å². The van der Waals surface area contributed by atoms with Crippen LogP contribution in [0.1, 0.15) is 5.56 Å². The molecule has 0 heterocycles. The van der Waals surface area contributed by atoms with E-state index in [1.54, 1.807) is 18.2 Å². The number of sulfonamides is 1. The highest BCUT2D eigenvalue weighted by atomic mass is 32.2. The summed E-state index contributed by atoms with van der Waals surface area (Å²) in [7, 11) is -3.75. The predicted molar refractivity (Wildman–Crippen MR) is 48.6 cm³/mol. The number of nitrogens with one attached hydrogen (secondary N) is 1. The Hall–Kier alpha value is -1.17. The molecule has 70 valence electrons. The predicted octanol–water partition coefficient (Wildman–Crippen LogP) is 0.997. The summed E-state index contributed by atoms with van der Waals surface area (Å²) in [6, 6.07) is 5.96. The smallest absolute Gasteiger partial charge is 0.262 e. The van der Waals surface area contributed by atoms with Crippen LogP contribution in [0.2, 0.25) is 0 Å². The Kier molecular flexibility index (Phi) is 2.82. The van der Waals surface area contributed by atoms with Gasteiger partial charge in [-0.2, -0.15) is 0 Å². The topological polar surface area (TPSA) is 66.4 Å². The second kappa shape index (κ2) is 3.69. The highest BCUT2D eigenvalue weighted by Gasteiger charge is 2.10. The third kappa shape index (κ3) is 2.15. The second-order valence-corrected chi connectivity index (χ2v) is 4.03. The van der Waals surface area contributed by atoms with Gasteiger partial charge in [0.2, 0.25) is 0 Å². The van der Waals surface area contributed by atoms with Crippen molar-refractivity contribution in [1.29, 1.82) is 0 Å². The van der Waals surface area contributed by atoms with Gasteiger partial charge in [0.1, 0.15) is 0 Å². The molecule has 0 radical (unpaired) electrons. The van der Waals surface area contributed by atoms with Crippen LogP contribution in [-0.2, 0) is 10.0 Å². The van der Waals surface area contributed by atoms with Gasteiger partial charge in [-0.25, -0.2) is 8.42 Å². The molecule has 2 N–H and O–H groups in total. The highest BCUT2D eigenvalue weighted by Crippen LogP contribution is 2.10. The average molecular weight is 199 g/mol. The zero-order valence-corrected chi connectivity index (χ0v) is 7.58. The van der Waals surface area contributed by atoms with Crippen LogP contribution in [0.25, 0.3) is 6.08 Å². The van der Waals surface area contributed by atoms with Gasteiger partial charge in [0.25, 0.3) is 10.0 Å². The first kappa shape index (κ1) is 9.91. The van der Waals surface area contributed by atoms with E-state index in [1.807, 2.05) is 0 Å². The first-order valence-corrected chi connectivity index (χ1v) is 4.97. The monoisotopic (exact) mass is 199 g/mol. The van der Waals surface area contributed by atoms with Crippen molar-refractivity contribution in [3.63, 3.8) is 0 Å². The van der Waals surface area contributed by atoms with E-state index in [4.69, 9.17) is 5.21 Å². The molecular weight excluding hydrogens is 190 g/mol. The molecule has 0 aromatic heterocycles. The summed E-state index contributed by atoms with van der Waals surface area (Å²) in [6.45, 7) is 3.53. The van der Waals surface area contributed by atoms with Crippen LogP contribution in [0.4, 0.5) is 0 Å². The van der Waals surface area contributed by atoms with Crippen molar-refractivity contribution in [2.24, 2.45) is 0 Å². The van der Waals surface area contributed by atoms with E-state index in [-0.39, 0.29) is 4.90 Å². The summed E-state index contributed by atoms with van der Waals surface area (Å²) in [5.41, 5.74) is 0.817. The van der Waals surface area contributed by atoms with Gasteiger partial charge in [-0.1, -0.05) is 29.7 Å². The third-order valence-corrected chi connectivity index (χ3v) is 2.68. The number of hydrogen-bond acceptors (Lipinski definition) is 3. The summed E-state index contributed by atoms with van der Waals surface area (Å²) in [5.74, 6) is 0. The molecule has 0 amide bonds. The SMILES string of the molecule is C=Cc1ccc(S(=O)(=O)NO)cc1. The van der Waals surface area contributed by atoms with Gasteiger partial charge in [0.15, 0.2) is 0 Å². The molecule has 0 aliphatic carbocycles. The van der Waals surface area contributed by atoms with E-state index in [1.165, 1.54) is 17.0 Å². The summed E-state index contributed by atoms with van der Waals surface area (Å²) in [5, 5.41) is 8.32. The minimum atomic E-state index is -3.75. The van der Waals surface area contributed by atoms with Crippen molar-refractivity contribution >= 4 is 16.1 Å². The van der Waals surface area contributed by atoms with Crippen LogP contribution in [0.5, 0.6) is 0 Å². The van der Waals surface area contributed by atoms with Crippen molar-refractivity contribution in [3.05, 3.63) is 36.4 Å². The molecule has 1 aromatic carbocycles. The van der Waals surface area contributed by atoms with Crippen LogP contribution in [0.3, 0.4) is 0 Å². The van der Waals surface area contributed by atoms with Crippen molar-refractivity contribution in [3.8, 4) is 0 Å². The molecule has 0 saturated heterocycles. The number of benzene rings is 1. The standard InChI is InChI=1S/C8H9NO3S/c1-2-7-3-5-8(6-4-7)13(11,12)9-10/h2-6,9-10H,1H2. The zero-order valence-electron chi connectivity index (χ0n) is 6.77. The maximum Gasteiger partial charge on any atom is 0.262 e. The Bertz CT molecular complexity index is 394. The van der Waals surface area contributed by atoms with E-state index in [2.05, 4.69) is 6.58 Å². The molecule has 4 nitrogen and oxygen atoms in total. The largest absolute Gasteiger partial charge is 0.302 e. The lowest BCUT2D eigenvalue weighted by molar-refractivity contribution is 0.242. The number of hydrogen-bond donors (Lipinski definition) is 2. The lowest BCUT2D eigenvalue weighted by atomic mass is 10.2. The quantitative estimate of drug-likeness (QED) is 0.713. The minimum Gasteiger partial charge on any atom is -0.302 e. The van der Waals surface area contributed by atoms with Crippen LogP contribution in [0, 0.1) is 0 Å². The fraction of sp³-hybridized carbons (Fsp3) is 0. The van der Waals surface area contributed by atoms with E-state index in [0.29, 0.717) is 0 Å². The van der Waals surface area contributed by atoms with E-state index < -0.39 is 10.0 Å². The van der Waals surface area contributed by atoms with Crippen molar-refractivity contribution < 1.29 is 13.6 Å². The summed E-state index contributed by atoms with van der Waals surface area (Å²) in [6.07, 6.45) is 1.60. The van der Waals surface area contributed by atoms with E-state index in [0.717, 1.165) is 5.56 Å². The summed E-state index contributed by atoms with van der Waals surface area (Å²) >= 11 is 0. The normalized spacial score (nSPS) is 11.2. The molecular formula is C8H9NO3S. The molecule has 0 atom stereocenters. The number of rotatable bonds is 3. The first-order valence-electron chi connectivity index (χ1n) is 3.48. The van der Waals surface area contributed by atoms with Gasteiger partial charge in [-0.3, -0.25) is 0 Å². The lowest BCUT2D eigenvalue weighted by Crippen LogP contribution is -2.19. The molecule has 0 fully saturated rings. The Morgan fingerprint density at radius 1 is 1.31 bits per heavy atom. The van der Waals surface area contributed by atoms with Crippen molar-refractivity contribution in [2.45, 2.75) is 4.90 Å². The van der Waals surface area contributed by atoms with Crippen LogP contribution >= 0.6 is 0 Å². The molecule has 0 aliphatic rings. The van der Waals surface area contributed by atoms with E-state index in [9.17, 15) is 8.42 Å². The molecule has 0 spiro atoms. The highest BCUT2D eigenvalue weighted by molar-refractivity contribution is 7.89. The van der Waals surface area contributed by atoms with Crippen molar-refractivity contribution in [2.75, 3.05) is 0 Å².